The van der Waals surface area contributed by atoms with E-state index < -0.39 is 60.2 Å². The van der Waals surface area contributed by atoms with Crippen LogP contribution in [-0.2, 0) is 14.4 Å². The van der Waals surface area contributed by atoms with Crippen molar-refractivity contribution in [3.8, 4) is 0 Å². The van der Waals surface area contributed by atoms with Gasteiger partial charge in [0.05, 0.1) is 17.7 Å². The van der Waals surface area contributed by atoms with Crippen LogP contribution >= 0.6 is 0 Å². The molecule has 2 unspecified atom stereocenters. The number of carboxylic acid groups (broad SMARTS) is 1. The molecule has 0 bridgehead atoms. The summed E-state index contributed by atoms with van der Waals surface area (Å²) in [5, 5.41) is 14.6. The number of halogens is 3. The molecule has 3 N–H and O–H groups in total. The van der Waals surface area contributed by atoms with E-state index in [2.05, 4.69) is 5.32 Å². The summed E-state index contributed by atoms with van der Waals surface area (Å²) in [5.74, 6) is -4.14. The third-order valence-corrected chi connectivity index (χ3v) is 7.20. The number of carbonyl (C=O) groups excluding carboxylic acids is 5. The van der Waals surface area contributed by atoms with E-state index in [0.717, 1.165) is 4.90 Å². The quantitative estimate of drug-likeness (QED) is 0.224. The van der Waals surface area contributed by atoms with Gasteiger partial charge in [-0.15, -0.1) is 0 Å². The molecular formula is C24H21F3N5NaO6. The second-order valence-electron chi connectivity index (χ2n) is 9.55. The number of aliphatic carboxylic acids is 1. The molecule has 3 fully saturated rings. The van der Waals surface area contributed by atoms with Crippen molar-refractivity contribution in [2.45, 2.75) is 31.1 Å². The van der Waals surface area contributed by atoms with Gasteiger partial charge in [-0.2, -0.15) is 13.2 Å². The van der Waals surface area contributed by atoms with Gasteiger partial charge in [0.15, 0.2) is 0 Å². The van der Waals surface area contributed by atoms with Crippen LogP contribution in [0.3, 0.4) is 0 Å². The van der Waals surface area contributed by atoms with Gasteiger partial charge < -0.3 is 35.7 Å². The van der Waals surface area contributed by atoms with E-state index in [0.29, 0.717) is 10.6 Å². The molecule has 4 heterocycles. The smallest absolute Gasteiger partial charge is 0.543 e. The molecule has 0 aromatic heterocycles. The van der Waals surface area contributed by atoms with Crippen LogP contribution in [0.5, 0.6) is 0 Å². The van der Waals surface area contributed by atoms with Crippen molar-refractivity contribution in [1.82, 2.24) is 14.7 Å². The summed E-state index contributed by atoms with van der Waals surface area (Å²) in [6, 6.07) is 3.67. The largest absolute Gasteiger partial charge is 1.00 e. The van der Waals surface area contributed by atoms with Gasteiger partial charge in [0, 0.05) is 35.8 Å². The summed E-state index contributed by atoms with van der Waals surface area (Å²) in [6.45, 7) is -1.48. The number of anilines is 1. The average Bonchev–Trinajstić information content (AvgIpc) is 3.36. The van der Waals surface area contributed by atoms with E-state index >= 15 is 0 Å². The van der Waals surface area contributed by atoms with Gasteiger partial charge in [-0.1, -0.05) is 0 Å². The summed E-state index contributed by atoms with van der Waals surface area (Å²) in [4.78, 5) is 64.7. The molecule has 5 amide bonds. The van der Waals surface area contributed by atoms with Crippen LogP contribution in [-0.4, -0.2) is 82.3 Å². The summed E-state index contributed by atoms with van der Waals surface area (Å²) < 4.78 is 38.3. The number of alkyl halides is 3. The first-order valence-electron chi connectivity index (χ1n) is 11.7. The molecular weight excluding hydrogens is 534 g/mol. The Labute approximate surface area is 241 Å². The number of likely N-dealkylation sites (tertiary alicyclic amines) is 2. The van der Waals surface area contributed by atoms with Gasteiger partial charge in [-0.05, 0) is 48.8 Å². The van der Waals surface area contributed by atoms with Gasteiger partial charge >= 0.3 is 41.8 Å². The molecule has 0 aliphatic carbocycles. The predicted molar refractivity (Wildman–Crippen MR) is 121 cm³/mol. The normalized spacial score (nSPS) is 24.9. The van der Waals surface area contributed by atoms with Gasteiger partial charge in [0.1, 0.15) is 12.6 Å². The monoisotopic (exact) mass is 555 g/mol. The molecule has 0 spiro atoms. The van der Waals surface area contributed by atoms with Crippen molar-refractivity contribution < 1.29 is 71.8 Å². The number of primary amides is 1. The Hall–Kier alpha value is -3.36. The number of nitrogens with two attached hydrogens (primary N) is 1. The number of urea groups is 1. The van der Waals surface area contributed by atoms with E-state index in [9.17, 15) is 42.3 Å². The molecule has 3 atom stereocenters. The minimum absolute atomic E-state index is 0. The SMILES string of the molecule is NC(=O)c1ccc(NC(=O)N2CC3CC(/C=C4\CCN(CC(F)(F)F)C4=O)=C(C(=O)[O-])N4C(=O)C2[C@@H]34)cc1.[Na+]. The molecule has 4 aliphatic heterocycles. The Kier molecular flexibility index (Phi) is 7.58. The first-order chi connectivity index (χ1) is 17.9. The minimum atomic E-state index is -4.57. The van der Waals surface area contributed by atoms with Gasteiger partial charge in [0.2, 0.25) is 11.8 Å². The molecule has 0 saturated carbocycles. The van der Waals surface area contributed by atoms with E-state index in [1.54, 1.807) is 0 Å². The number of hydrogen-bond donors (Lipinski definition) is 2. The molecule has 15 heteroatoms. The zero-order valence-electron chi connectivity index (χ0n) is 20.7. The van der Waals surface area contributed by atoms with E-state index in [4.69, 9.17) is 5.73 Å². The Bertz CT molecular complexity index is 1330. The Balaban J connectivity index is 0.00000353. The van der Waals surface area contributed by atoms with Crippen molar-refractivity contribution >= 4 is 35.4 Å². The number of β-lactam (4-membered cyclic amide) rings is 1. The van der Waals surface area contributed by atoms with Crippen LogP contribution < -0.4 is 45.7 Å². The predicted octanol–water partition coefficient (Wildman–Crippen LogP) is -3.04. The number of carboxylic acids is 1. The zero-order valence-corrected chi connectivity index (χ0v) is 22.7. The van der Waals surface area contributed by atoms with Crippen molar-refractivity contribution in [2.75, 3.05) is 25.0 Å². The number of amides is 5. The Morgan fingerprint density at radius 1 is 1.15 bits per heavy atom. The molecule has 5 rings (SSSR count). The number of nitrogens with zero attached hydrogens (tertiary/aromatic N) is 3. The standard InChI is InChI=1S/C24H22F3N5O6.Na/c25-24(26,27)10-30-6-5-12(20(30)34)7-13-8-14-9-31(18-16(14)32(21(18)35)17(13)22(36)37)23(38)29-15-3-1-11(2-4-15)19(28)33;/h1-4,7,14,16,18H,5-6,8-10H2,(H2,28,33)(H,29,38)(H,36,37);/q;+1/p-1/b12-7+;/t14?,16-,18?;/m1./s1. The maximum atomic E-state index is 13.0. The van der Waals surface area contributed by atoms with Crippen LogP contribution in [0.2, 0.25) is 0 Å². The second-order valence-corrected chi connectivity index (χ2v) is 9.55. The maximum absolute atomic E-state index is 13.0. The summed E-state index contributed by atoms with van der Waals surface area (Å²) in [6.07, 6.45) is -3.26. The van der Waals surface area contributed by atoms with Crippen molar-refractivity contribution in [1.29, 1.82) is 0 Å². The molecule has 39 heavy (non-hydrogen) atoms. The van der Waals surface area contributed by atoms with Gasteiger partial charge in [-0.25, -0.2) is 4.79 Å². The van der Waals surface area contributed by atoms with Crippen molar-refractivity contribution in [3.63, 3.8) is 0 Å². The van der Waals surface area contributed by atoms with Crippen LogP contribution in [0.25, 0.3) is 0 Å². The maximum Gasteiger partial charge on any atom is 1.00 e. The third kappa shape index (κ3) is 5.15. The average molecular weight is 555 g/mol. The number of rotatable bonds is 5. The van der Waals surface area contributed by atoms with Crippen molar-refractivity contribution in [2.24, 2.45) is 11.7 Å². The fraction of sp³-hybridized carbons (Fsp3) is 0.375. The van der Waals surface area contributed by atoms with Crippen LogP contribution in [0.15, 0.2) is 47.2 Å². The number of hydrogen-bond acceptors (Lipinski definition) is 6. The molecule has 11 nitrogen and oxygen atoms in total. The van der Waals surface area contributed by atoms with Gasteiger partial charge in [-0.3, -0.25) is 14.4 Å². The first kappa shape index (κ1) is 28.6. The molecule has 1 aromatic carbocycles. The van der Waals surface area contributed by atoms with Gasteiger partial charge in [0.25, 0.3) is 5.91 Å². The number of benzene rings is 1. The fourth-order valence-corrected chi connectivity index (χ4v) is 5.59. The van der Waals surface area contributed by atoms with E-state index in [-0.39, 0.29) is 78.1 Å². The number of carbonyl (C=O) groups is 5. The molecule has 0 radical (unpaired) electrons. The summed E-state index contributed by atoms with van der Waals surface area (Å²) >= 11 is 0. The topological polar surface area (TPSA) is 156 Å². The Morgan fingerprint density at radius 2 is 1.82 bits per heavy atom. The number of nitrogens with one attached hydrogen (secondary N) is 1. The zero-order chi connectivity index (χ0) is 27.5. The molecule has 3 saturated heterocycles. The fourth-order valence-electron chi connectivity index (χ4n) is 5.59. The molecule has 1 aromatic rings. The van der Waals surface area contributed by atoms with Crippen LogP contribution in [0.1, 0.15) is 23.2 Å². The Morgan fingerprint density at radius 3 is 2.41 bits per heavy atom. The van der Waals surface area contributed by atoms with E-state index in [1.165, 1.54) is 35.2 Å². The van der Waals surface area contributed by atoms with Crippen LogP contribution in [0.4, 0.5) is 23.7 Å². The third-order valence-electron chi connectivity index (χ3n) is 7.20. The second kappa shape index (κ2) is 10.3. The van der Waals surface area contributed by atoms with Crippen molar-refractivity contribution in [3.05, 3.63) is 52.7 Å². The summed E-state index contributed by atoms with van der Waals surface area (Å²) in [7, 11) is 0. The summed E-state index contributed by atoms with van der Waals surface area (Å²) in [5.41, 5.74) is 5.47. The van der Waals surface area contributed by atoms with Crippen LogP contribution in [0, 0.1) is 5.92 Å². The number of allylic oxidation sites excluding steroid dienone is 2. The molecule has 200 valence electrons. The minimum Gasteiger partial charge on any atom is -0.543 e. The molecule has 4 aliphatic rings. The van der Waals surface area contributed by atoms with E-state index in [1.807, 2.05) is 0 Å². The first-order valence-corrected chi connectivity index (χ1v) is 11.7.